The molecular formula is C15H11F2N3O. The molecule has 0 unspecified atom stereocenters. The van der Waals surface area contributed by atoms with E-state index in [4.69, 9.17) is 5.73 Å². The van der Waals surface area contributed by atoms with Crippen molar-refractivity contribution in [3.63, 3.8) is 0 Å². The number of nitrogens with two attached hydrogens (primary N) is 1. The highest BCUT2D eigenvalue weighted by atomic mass is 19.2. The van der Waals surface area contributed by atoms with Gasteiger partial charge in [-0.15, -0.1) is 0 Å². The van der Waals surface area contributed by atoms with Crippen molar-refractivity contribution in [2.24, 2.45) is 5.73 Å². The molecular weight excluding hydrogens is 276 g/mol. The van der Waals surface area contributed by atoms with Crippen molar-refractivity contribution in [1.29, 1.82) is 0 Å². The SMILES string of the molecule is NCC#Cc1cccnc1C(=O)Nc1ccc(F)c(F)c1. The van der Waals surface area contributed by atoms with Crippen LogP contribution in [-0.2, 0) is 0 Å². The summed E-state index contributed by atoms with van der Waals surface area (Å²) in [6.07, 6.45) is 1.44. The third-order valence-electron chi connectivity index (χ3n) is 2.53. The highest BCUT2D eigenvalue weighted by Crippen LogP contribution is 2.14. The number of nitrogens with one attached hydrogen (secondary N) is 1. The summed E-state index contributed by atoms with van der Waals surface area (Å²) in [6.45, 7) is 0.152. The van der Waals surface area contributed by atoms with Crippen LogP contribution in [0.2, 0.25) is 0 Å². The van der Waals surface area contributed by atoms with Gasteiger partial charge in [0.1, 0.15) is 5.69 Å². The summed E-state index contributed by atoms with van der Waals surface area (Å²) in [5, 5.41) is 2.44. The van der Waals surface area contributed by atoms with E-state index in [0.29, 0.717) is 5.56 Å². The number of hydrogen-bond acceptors (Lipinski definition) is 3. The molecule has 1 amide bonds. The molecule has 0 fully saturated rings. The predicted octanol–water partition coefficient (Wildman–Crippen LogP) is 1.92. The standard InChI is InChI=1S/C15H11F2N3O/c16-12-6-5-11(9-13(12)17)20-15(21)14-10(3-1-7-18)4-2-8-19-14/h2,4-6,8-9H,7,18H2,(H,20,21). The van der Waals surface area contributed by atoms with Crippen LogP contribution in [0.4, 0.5) is 14.5 Å². The van der Waals surface area contributed by atoms with E-state index in [1.165, 1.54) is 12.3 Å². The third kappa shape index (κ3) is 3.61. The molecule has 1 heterocycles. The van der Waals surface area contributed by atoms with Gasteiger partial charge in [0, 0.05) is 18.0 Å². The Morgan fingerprint density at radius 3 is 2.81 bits per heavy atom. The normalized spacial score (nSPS) is 9.67. The van der Waals surface area contributed by atoms with Gasteiger partial charge in [0.05, 0.1) is 12.1 Å². The number of anilines is 1. The smallest absolute Gasteiger partial charge is 0.275 e. The molecule has 0 aliphatic rings. The lowest BCUT2D eigenvalue weighted by Gasteiger charge is -2.06. The van der Waals surface area contributed by atoms with Crippen LogP contribution in [0.3, 0.4) is 0 Å². The average molecular weight is 287 g/mol. The Kier molecular flexibility index (Phi) is 4.59. The number of benzene rings is 1. The fraction of sp³-hybridized carbons (Fsp3) is 0.0667. The van der Waals surface area contributed by atoms with Crippen molar-refractivity contribution in [3.8, 4) is 11.8 Å². The molecule has 0 atom stereocenters. The molecule has 2 rings (SSSR count). The molecule has 0 spiro atoms. The van der Waals surface area contributed by atoms with E-state index in [-0.39, 0.29) is 17.9 Å². The third-order valence-corrected chi connectivity index (χ3v) is 2.53. The predicted molar refractivity (Wildman–Crippen MR) is 74.5 cm³/mol. The summed E-state index contributed by atoms with van der Waals surface area (Å²) in [4.78, 5) is 16.0. The number of rotatable bonds is 2. The lowest BCUT2D eigenvalue weighted by Crippen LogP contribution is -2.15. The Morgan fingerprint density at radius 1 is 1.29 bits per heavy atom. The van der Waals surface area contributed by atoms with Crippen molar-refractivity contribution in [2.45, 2.75) is 0 Å². The maximum Gasteiger partial charge on any atom is 0.275 e. The van der Waals surface area contributed by atoms with Crippen LogP contribution < -0.4 is 11.1 Å². The van der Waals surface area contributed by atoms with Crippen molar-refractivity contribution >= 4 is 11.6 Å². The summed E-state index contributed by atoms with van der Waals surface area (Å²) in [5.41, 5.74) is 5.90. The van der Waals surface area contributed by atoms with Crippen molar-refractivity contribution in [3.05, 3.63) is 59.4 Å². The fourth-order valence-corrected chi connectivity index (χ4v) is 1.60. The highest BCUT2D eigenvalue weighted by Gasteiger charge is 2.12. The van der Waals surface area contributed by atoms with Crippen molar-refractivity contribution in [2.75, 3.05) is 11.9 Å². The first-order chi connectivity index (χ1) is 10.1. The Hall–Kier alpha value is -2.78. The fourth-order valence-electron chi connectivity index (χ4n) is 1.60. The molecule has 0 aliphatic heterocycles. The Morgan fingerprint density at radius 2 is 2.10 bits per heavy atom. The second kappa shape index (κ2) is 6.59. The lowest BCUT2D eigenvalue weighted by molar-refractivity contribution is 0.102. The zero-order valence-corrected chi connectivity index (χ0v) is 10.9. The summed E-state index contributed by atoms with van der Waals surface area (Å²) < 4.78 is 25.9. The molecule has 0 aliphatic carbocycles. The summed E-state index contributed by atoms with van der Waals surface area (Å²) in [5.74, 6) is 2.76. The van der Waals surface area contributed by atoms with E-state index in [9.17, 15) is 13.6 Å². The zero-order chi connectivity index (χ0) is 15.2. The minimum Gasteiger partial charge on any atom is -0.321 e. The number of hydrogen-bond donors (Lipinski definition) is 2. The van der Waals surface area contributed by atoms with E-state index in [1.807, 2.05) is 0 Å². The second-order valence-electron chi connectivity index (χ2n) is 3.99. The largest absolute Gasteiger partial charge is 0.321 e. The lowest BCUT2D eigenvalue weighted by atomic mass is 10.2. The summed E-state index contributed by atoms with van der Waals surface area (Å²) in [7, 11) is 0. The van der Waals surface area contributed by atoms with Gasteiger partial charge in [0.25, 0.3) is 5.91 Å². The molecule has 0 radical (unpaired) electrons. The monoisotopic (exact) mass is 287 g/mol. The number of pyridine rings is 1. The topological polar surface area (TPSA) is 68.0 Å². The van der Waals surface area contributed by atoms with Gasteiger partial charge in [-0.3, -0.25) is 4.79 Å². The van der Waals surface area contributed by atoms with Crippen molar-refractivity contribution < 1.29 is 13.6 Å². The molecule has 21 heavy (non-hydrogen) atoms. The van der Waals surface area contributed by atoms with Crippen LogP contribution in [0, 0.1) is 23.5 Å². The maximum atomic E-state index is 13.1. The van der Waals surface area contributed by atoms with Crippen LogP contribution >= 0.6 is 0 Å². The van der Waals surface area contributed by atoms with E-state index >= 15 is 0 Å². The number of halogens is 2. The van der Waals surface area contributed by atoms with Crippen molar-refractivity contribution in [1.82, 2.24) is 4.98 Å². The van der Waals surface area contributed by atoms with E-state index < -0.39 is 17.5 Å². The first kappa shape index (κ1) is 14.6. The molecule has 0 saturated heterocycles. The second-order valence-corrected chi connectivity index (χ2v) is 3.99. The summed E-state index contributed by atoms with van der Waals surface area (Å²) >= 11 is 0. The molecule has 0 saturated carbocycles. The molecule has 3 N–H and O–H groups in total. The van der Waals surface area contributed by atoms with Crippen LogP contribution in [0.5, 0.6) is 0 Å². The maximum absolute atomic E-state index is 13.1. The van der Waals surface area contributed by atoms with Gasteiger partial charge in [-0.25, -0.2) is 13.8 Å². The van der Waals surface area contributed by atoms with Gasteiger partial charge in [0.2, 0.25) is 0 Å². The van der Waals surface area contributed by atoms with Crippen LogP contribution in [0.1, 0.15) is 16.1 Å². The van der Waals surface area contributed by atoms with E-state index in [1.54, 1.807) is 12.1 Å². The van der Waals surface area contributed by atoms with Gasteiger partial charge < -0.3 is 11.1 Å². The molecule has 1 aromatic heterocycles. The van der Waals surface area contributed by atoms with Crippen LogP contribution in [0.15, 0.2) is 36.5 Å². The molecule has 1 aromatic carbocycles. The first-order valence-corrected chi connectivity index (χ1v) is 6.02. The van der Waals surface area contributed by atoms with Crippen LogP contribution in [0.25, 0.3) is 0 Å². The van der Waals surface area contributed by atoms with Crippen LogP contribution in [-0.4, -0.2) is 17.4 Å². The Balaban J connectivity index is 2.26. The van der Waals surface area contributed by atoms with E-state index in [2.05, 4.69) is 22.1 Å². The molecule has 106 valence electrons. The van der Waals surface area contributed by atoms with Gasteiger partial charge in [-0.2, -0.15) is 0 Å². The number of aromatic nitrogens is 1. The Labute approximate surface area is 120 Å². The Bertz CT molecular complexity index is 735. The molecule has 0 bridgehead atoms. The van der Waals surface area contributed by atoms with Gasteiger partial charge in [-0.1, -0.05) is 11.8 Å². The van der Waals surface area contributed by atoms with Gasteiger partial charge in [0.15, 0.2) is 11.6 Å². The minimum atomic E-state index is -1.04. The number of carbonyl (C=O) groups excluding carboxylic acids is 1. The number of nitrogens with zero attached hydrogens (tertiary/aromatic N) is 1. The molecule has 6 heteroatoms. The highest BCUT2D eigenvalue weighted by molar-refractivity contribution is 6.04. The summed E-state index contributed by atoms with van der Waals surface area (Å²) in [6, 6.07) is 6.33. The minimum absolute atomic E-state index is 0.0863. The zero-order valence-electron chi connectivity index (χ0n) is 10.9. The average Bonchev–Trinajstić information content (AvgIpc) is 2.49. The molecule has 2 aromatic rings. The quantitative estimate of drug-likeness (QED) is 0.829. The first-order valence-electron chi connectivity index (χ1n) is 6.02. The van der Waals surface area contributed by atoms with E-state index in [0.717, 1.165) is 12.1 Å². The number of carbonyl (C=O) groups is 1. The number of amides is 1. The van der Waals surface area contributed by atoms with Gasteiger partial charge >= 0.3 is 0 Å². The molecule has 4 nitrogen and oxygen atoms in total. The van der Waals surface area contributed by atoms with Gasteiger partial charge in [-0.05, 0) is 24.3 Å².